The fraction of sp³-hybridized carbons (Fsp3) is 0.259. The van der Waals surface area contributed by atoms with E-state index in [-0.39, 0.29) is 11.9 Å². The summed E-state index contributed by atoms with van der Waals surface area (Å²) in [7, 11) is 1.65. The van der Waals surface area contributed by atoms with E-state index in [1.165, 1.54) is 0 Å². The summed E-state index contributed by atoms with van der Waals surface area (Å²) in [6.07, 6.45) is 3.91. The van der Waals surface area contributed by atoms with Gasteiger partial charge in [-0.2, -0.15) is 0 Å². The summed E-state index contributed by atoms with van der Waals surface area (Å²) >= 11 is 6.45. The van der Waals surface area contributed by atoms with E-state index in [0.29, 0.717) is 17.9 Å². The molecule has 0 saturated heterocycles. The van der Waals surface area contributed by atoms with Gasteiger partial charge in [0.2, 0.25) is 5.91 Å². The van der Waals surface area contributed by atoms with E-state index >= 15 is 0 Å². The fourth-order valence-corrected chi connectivity index (χ4v) is 4.09. The number of methoxy groups -OCH3 is 1. The van der Waals surface area contributed by atoms with E-state index in [1.54, 1.807) is 7.11 Å². The van der Waals surface area contributed by atoms with E-state index < -0.39 is 0 Å². The number of hydrogen-bond donors (Lipinski definition) is 1. The monoisotopic (exact) mass is 461 g/mol. The van der Waals surface area contributed by atoms with Crippen LogP contribution in [0.15, 0.2) is 66.9 Å². The number of imidazole rings is 1. The maximum absolute atomic E-state index is 12.5. The molecule has 0 aliphatic heterocycles. The molecule has 1 atom stereocenters. The van der Waals surface area contributed by atoms with Crippen molar-refractivity contribution in [2.45, 2.75) is 39.2 Å². The van der Waals surface area contributed by atoms with E-state index in [0.717, 1.165) is 45.9 Å². The van der Waals surface area contributed by atoms with Gasteiger partial charge in [-0.05, 0) is 67.8 Å². The molecule has 4 aromatic rings. The van der Waals surface area contributed by atoms with Crippen LogP contribution < -0.4 is 10.1 Å². The highest BCUT2D eigenvalue weighted by molar-refractivity contribution is 6.33. The predicted molar refractivity (Wildman–Crippen MR) is 134 cm³/mol. The second-order valence-electron chi connectivity index (χ2n) is 8.14. The van der Waals surface area contributed by atoms with Crippen molar-refractivity contribution in [1.29, 1.82) is 0 Å². The zero-order chi connectivity index (χ0) is 23.4. The van der Waals surface area contributed by atoms with Gasteiger partial charge in [0.1, 0.15) is 11.4 Å². The average Bonchev–Trinajstić information content (AvgIpc) is 3.20. The van der Waals surface area contributed by atoms with E-state index in [4.69, 9.17) is 21.3 Å². The van der Waals surface area contributed by atoms with Crippen LogP contribution in [0, 0.1) is 0 Å². The number of pyridine rings is 1. The first-order chi connectivity index (χ1) is 16.0. The van der Waals surface area contributed by atoms with Gasteiger partial charge in [-0.15, -0.1) is 0 Å². The Kier molecular flexibility index (Phi) is 6.99. The number of amides is 1. The highest BCUT2D eigenvalue weighted by atomic mass is 35.5. The summed E-state index contributed by atoms with van der Waals surface area (Å²) in [5.41, 5.74) is 5.62. The number of halogens is 1. The van der Waals surface area contributed by atoms with Crippen LogP contribution in [0.4, 0.5) is 0 Å². The second-order valence-corrected chi connectivity index (χ2v) is 8.55. The van der Waals surface area contributed by atoms with Crippen LogP contribution >= 0.6 is 11.6 Å². The van der Waals surface area contributed by atoms with Gasteiger partial charge < -0.3 is 14.5 Å². The maximum Gasteiger partial charge on any atom is 0.220 e. The van der Waals surface area contributed by atoms with Gasteiger partial charge in [0.15, 0.2) is 0 Å². The molecular weight excluding hydrogens is 434 g/mol. The van der Waals surface area contributed by atoms with Crippen LogP contribution in [0.5, 0.6) is 5.75 Å². The van der Waals surface area contributed by atoms with Crippen LogP contribution in [0.1, 0.15) is 32.4 Å². The highest BCUT2D eigenvalue weighted by Gasteiger charge is 2.17. The summed E-state index contributed by atoms with van der Waals surface area (Å²) in [6.45, 7) is 4.08. The predicted octanol–water partition coefficient (Wildman–Crippen LogP) is 6.18. The zero-order valence-electron chi connectivity index (χ0n) is 19.1. The molecule has 0 aliphatic carbocycles. The molecule has 1 amide bonds. The molecule has 0 aliphatic rings. The minimum atomic E-state index is 0.0437. The van der Waals surface area contributed by atoms with Gasteiger partial charge in [0.25, 0.3) is 0 Å². The minimum absolute atomic E-state index is 0.0437. The number of aryl methyl sites for hydroxylation is 1. The Labute approximate surface area is 199 Å². The van der Waals surface area contributed by atoms with E-state index in [2.05, 4.69) is 22.8 Å². The molecule has 1 unspecified atom stereocenters. The lowest BCUT2D eigenvalue weighted by molar-refractivity contribution is -0.121. The molecule has 5 nitrogen and oxygen atoms in total. The average molecular weight is 462 g/mol. The Bertz CT molecular complexity index is 1260. The maximum atomic E-state index is 12.5. The van der Waals surface area contributed by atoms with Gasteiger partial charge in [0.05, 0.1) is 18.5 Å². The Morgan fingerprint density at radius 2 is 1.82 bits per heavy atom. The minimum Gasteiger partial charge on any atom is -0.497 e. The Morgan fingerprint density at radius 3 is 2.52 bits per heavy atom. The molecule has 0 fully saturated rings. The molecule has 0 bridgehead atoms. The van der Waals surface area contributed by atoms with Crippen molar-refractivity contribution < 1.29 is 9.53 Å². The van der Waals surface area contributed by atoms with Crippen molar-refractivity contribution >= 4 is 23.2 Å². The molecule has 1 N–H and O–H groups in total. The van der Waals surface area contributed by atoms with Crippen molar-refractivity contribution in [3.63, 3.8) is 0 Å². The zero-order valence-corrected chi connectivity index (χ0v) is 19.9. The van der Waals surface area contributed by atoms with E-state index in [9.17, 15) is 4.79 Å². The SMILES string of the molecule is CCC(C)NC(=O)CCc1c(-c2ccc(OC)cc2)nc2ccc(-c3ccccc3Cl)cn12. The normalized spacial score (nSPS) is 12.0. The molecule has 2 aromatic heterocycles. The number of benzene rings is 2. The van der Waals surface area contributed by atoms with Crippen LogP contribution in [-0.2, 0) is 11.2 Å². The Balaban J connectivity index is 1.77. The first-order valence-corrected chi connectivity index (χ1v) is 11.6. The smallest absolute Gasteiger partial charge is 0.220 e. The van der Waals surface area contributed by atoms with Crippen LogP contribution in [-0.4, -0.2) is 28.4 Å². The van der Waals surface area contributed by atoms with Crippen molar-refractivity contribution in [1.82, 2.24) is 14.7 Å². The third-order valence-corrected chi connectivity index (χ3v) is 6.20. The lowest BCUT2D eigenvalue weighted by Gasteiger charge is -2.12. The van der Waals surface area contributed by atoms with Crippen molar-refractivity contribution in [2.24, 2.45) is 0 Å². The first kappa shape index (κ1) is 22.9. The van der Waals surface area contributed by atoms with Crippen LogP contribution in [0.25, 0.3) is 28.0 Å². The second kappa shape index (κ2) is 10.1. The van der Waals surface area contributed by atoms with Crippen molar-refractivity contribution in [3.05, 3.63) is 77.6 Å². The number of rotatable bonds is 8. The number of nitrogens with one attached hydrogen (secondary N) is 1. The molecule has 2 heterocycles. The number of fused-ring (bicyclic) bond motifs is 1. The van der Waals surface area contributed by atoms with Crippen molar-refractivity contribution in [2.75, 3.05) is 7.11 Å². The molecule has 0 radical (unpaired) electrons. The topological polar surface area (TPSA) is 55.6 Å². The van der Waals surface area contributed by atoms with Gasteiger partial charge in [-0.3, -0.25) is 4.79 Å². The lowest BCUT2D eigenvalue weighted by atomic mass is 10.1. The molecule has 0 spiro atoms. The van der Waals surface area contributed by atoms with Gasteiger partial charge in [0, 0.05) is 34.8 Å². The molecule has 0 saturated carbocycles. The third-order valence-electron chi connectivity index (χ3n) is 5.87. The van der Waals surface area contributed by atoms with Crippen LogP contribution in [0.3, 0.4) is 0 Å². The fourth-order valence-electron chi connectivity index (χ4n) is 3.85. The Hall–Kier alpha value is -3.31. The number of aromatic nitrogens is 2. The molecular formula is C27H28ClN3O2. The summed E-state index contributed by atoms with van der Waals surface area (Å²) in [5, 5.41) is 3.75. The Morgan fingerprint density at radius 1 is 1.09 bits per heavy atom. The number of nitrogens with zero attached hydrogens (tertiary/aromatic N) is 2. The lowest BCUT2D eigenvalue weighted by Crippen LogP contribution is -2.32. The van der Waals surface area contributed by atoms with Gasteiger partial charge in [-0.1, -0.05) is 36.7 Å². The molecule has 4 rings (SSSR count). The number of carbonyl (C=O) groups excluding carboxylic acids is 1. The number of ether oxygens (including phenoxy) is 1. The van der Waals surface area contributed by atoms with E-state index in [1.807, 2.05) is 67.6 Å². The summed E-state index contributed by atoms with van der Waals surface area (Å²) in [5.74, 6) is 0.834. The molecule has 170 valence electrons. The molecule has 6 heteroatoms. The van der Waals surface area contributed by atoms with Gasteiger partial charge >= 0.3 is 0 Å². The third kappa shape index (κ3) is 5.04. The number of hydrogen-bond acceptors (Lipinski definition) is 3. The standard InChI is InChI=1S/C27H28ClN3O2/c1-4-18(2)29-26(32)16-14-24-27(19-9-12-21(33-3)13-10-19)30-25-15-11-20(17-31(24)25)22-7-5-6-8-23(22)28/h5-13,15,17-18H,4,14,16H2,1-3H3,(H,29,32). The highest BCUT2D eigenvalue weighted by Crippen LogP contribution is 2.31. The summed E-state index contributed by atoms with van der Waals surface area (Å²) in [4.78, 5) is 17.4. The quantitative estimate of drug-likeness (QED) is 0.341. The summed E-state index contributed by atoms with van der Waals surface area (Å²) in [6, 6.07) is 19.8. The molecule has 2 aromatic carbocycles. The largest absolute Gasteiger partial charge is 0.497 e. The first-order valence-electron chi connectivity index (χ1n) is 11.2. The van der Waals surface area contributed by atoms with Crippen molar-refractivity contribution in [3.8, 4) is 28.1 Å². The van der Waals surface area contributed by atoms with Gasteiger partial charge in [-0.25, -0.2) is 4.98 Å². The number of carbonyl (C=O) groups is 1. The van der Waals surface area contributed by atoms with Crippen LogP contribution in [0.2, 0.25) is 5.02 Å². The summed E-state index contributed by atoms with van der Waals surface area (Å²) < 4.78 is 7.38. The molecule has 33 heavy (non-hydrogen) atoms.